The fourth-order valence-electron chi connectivity index (χ4n) is 3.92. The van der Waals surface area contributed by atoms with Gasteiger partial charge in [-0.15, -0.1) is 11.3 Å². The van der Waals surface area contributed by atoms with E-state index in [2.05, 4.69) is 37.4 Å². The van der Waals surface area contributed by atoms with Crippen LogP contribution in [-0.4, -0.2) is 25.5 Å². The molecule has 0 aromatic carbocycles. The molecule has 4 rings (SSSR count). The van der Waals surface area contributed by atoms with Crippen molar-refractivity contribution in [1.82, 2.24) is 19.7 Å². The highest BCUT2D eigenvalue weighted by Gasteiger charge is 2.40. The molecule has 3 aromatic heterocycles. The van der Waals surface area contributed by atoms with Crippen LogP contribution in [0, 0.1) is 0 Å². The van der Waals surface area contributed by atoms with E-state index in [1.165, 1.54) is 5.56 Å². The van der Waals surface area contributed by atoms with Gasteiger partial charge in [-0.25, -0.2) is 9.97 Å². The number of nitrogen functional groups attached to an aromatic ring is 1. The molecule has 0 radical (unpaired) electrons. The van der Waals surface area contributed by atoms with Crippen molar-refractivity contribution in [1.29, 1.82) is 0 Å². The van der Waals surface area contributed by atoms with Gasteiger partial charge >= 0.3 is 0 Å². The van der Waals surface area contributed by atoms with Crippen molar-refractivity contribution in [3.05, 3.63) is 34.6 Å². The highest BCUT2D eigenvalue weighted by Crippen LogP contribution is 2.49. The molecule has 1 aliphatic carbocycles. The Kier molecular flexibility index (Phi) is 4.38. The van der Waals surface area contributed by atoms with Gasteiger partial charge in [0.25, 0.3) is 0 Å². The van der Waals surface area contributed by atoms with E-state index >= 15 is 0 Å². The van der Waals surface area contributed by atoms with E-state index in [0.29, 0.717) is 12.2 Å². The van der Waals surface area contributed by atoms with Crippen LogP contribution >= 0.6 is 11.3 Å². The quantitative estimate of drug-likeness (QED) is 0.715. The Balaban J connectivity index is 1.98. The van der Waals surface area contributed by atoms with E-state index in [9.17, 15) is 4.79 Å². The summed E-state index contributed by atoms with van der Waals surface area (Å²) in [6.45, 7) is 10.4. The topological polar surface area (TPSA) is 86.7 Å². The average Bonchev–Trinajstić information content (AvgIpc) is 3.16. The van der Waals surface area contributed by atoms with Crippen molar-refractivity contribution in [3.8, 4) is 21.8 Å². The summed E-state index contributed by atoms with van der Waals surface area (Å²) in [7, 11) is 0. The minimum absolute atomic E-state index is 0.131. The Hall–Kier alpha value is -2.54. The van der Waals surface area contributed by atoms with Gasteiger partial charge in [0.05, 0.1) is 28.4 Å². The summed E-state index contributed by atoms with van der Waals surface area (Å²) in [6, 6.07) is 3.99. The zero-order valence-corrected chi connectivity index (χ0v) is 17.7. The van der Waals surface area contributed by atoms with Crippen LogP contribution in [0.3, 0.4) is 0 Å². The summed E-state index contributed by atoms with van der Waals surface area (Å²) in [6.07, 6.45) is 3.00. The fourth-order valence-corrected chi connectivity index (χ4v) is 5.11. The van der Waals surface area contributed by atoms with Crippen LogP contribution in [0.25, 0.3) is 21.8 Å². The lowest BCUT2D eigenvalue weighted by molar-refractivity contribution is -0.116. The number of pyridine rings is 1. The molecule has 7 heteroatoms. The van der Waals surface area contributed by atoms with Gasteiger partial charge in [0.15, 0.2) is 0 Å². The third kappa shape index (κ3) is 3.03. The number of hydrogen-bond acceptors (Lipinski definition) is 6. The maximum Gasteiger partial charge on any atom is 0.136 e. The maximum absolute atomic E-state index is 11.6. The SMILES string of the molecule is CC(=O)Cc1nc2c(s1)-c1c(c(-c3ccc(N)nc3)nn1C(C)C)C(C)(C)C2. The number of carbonyl (C=O) groups excluding carboxylic acids is 1. The summed E-state index contributed by atoms with van der Waals surface area (Å²) in [4.78, 5) is 21.8. The first-order valence-corrected chi connectivity index (χ1v) is 10.3. The molecule has 0 spiro atoms. The number of Topliss-reactive ketones (excluding diaryl/α,β-unsaturated/α-hetero) is 1. The van der Waals surface area contributed by atoms with Gasteiger partial charge in [0.1, 0.15) is 16.6 Å². The Bertz CT molecular complexity index is 1060. The first-order valence-electron chi connectivity index (χ1n) is 9.50. The predicted octanol–water partition coefficient (Wildman–Crippen LogP) is 4.20. The van der Waals surface area contributed by atoms with E-state index in [4.69, 9.17) is 15.8 Å². The fraction of sp³-hybridized carbons (Fsp3) is 0.429. The maximum atomic E-state index is 11.6. The zero-order chi connectivity index (χ0) is 20.2. The van der Waals surface area contributed by atoms with E-state index in [1.807, 2.05) is 12.1 Å². The van der Waals surface area contributed by atoms with Crippen molar-refractivity contribution in [2.45, 2.75) is 58.9 Å². The van der Waals surface area contributed by atoms with Gasteiger partial charge in [-0.3, -0.25) is 9.48 Å². The number of nitrogens with two attached hydrogens (primary N) is 1. The van der Waals surface area contributed by atoms with E-state index in [-0.39, 0.29) is 17.2 Å². The Labute approximate surface area is 168 Å². The van der Waals surface area contributed by atoms with Gasteiger partial charge in [-0.1, -0.05) is 13.8 Å². The molecule has 0 saturated heterocycles. The number of ketones is 1. The molecule has 0 unspecified atom stereocenters. The smallest absolute Gasteiger partial charge is 0.136 e. The number of carbonyl (C=O) groups is 1. The van der Waals surface area contributed by atoms with Gasteiger partial charge < -0.3 is 5.73 Å². The molecular weight excluding hydrogens is 370 g/mol. The molecule has 0 saturated carbocycles. The first-order chi connectivity index (χ1) is 13.2. The molecule has 3 heterocycles. The van der Waals surface area contributed by atoms with Crippen molar-refractivity contribution in [3.63, 3.8) is 0 Å². The van der Waals surface area contributed by atoms with Crippen molar-refractivity contribution >= 4 is 22.9 Å². The number of thiazole rings is 1. The molecular formula is C21H25N5OS. The van der Waals surface area contributed by atoms with Crippen LogP contribution in [0.1, 0.15) is 56.9 Å². The van der Waals surface area contributed by atoms with Crippen molar-refractivity contribution in [2.24, 2.45) is 0 Å². The van der Waals surface area contributed by atoms with Crippen molar-refractivity contribution < 1.29 is 4.79 Å². The number of aromatic nitrogens is 4. The normalized spacial score (nSPS) is 14.8. The summed E-state index contributed by atoms with van der Waals surface area (Å²) >= 11 is 1.62. The molecule has 0 bridgehead atoms. The second kappa shape index (κ2) is 6.51. The summed E-state index contributed by atoms with van der Waals surface area (Å²) < 4.78 is 2.09. The van der Waals surface area contributed by atoms with Gasteiger partial charge in [-0.05, 0) is 38.3 Å². The van der Waals surface area contributed by atoms with E-state index in [1.54, 1.807) is 24.5 Å². The number of anilines is 1. The number of hydrogen-bond donors (Lipinski definition) is 1. The zero-order valence-electron chi connectivity index (χ0n) is 16.9. The lowest BCUT2D eigenvalue weighted by Crippen LogP contribution is -2.26. The van der Waals surface area contributed by atoms with Crippen LogP contribution in [0.15, 0.2) is 18.3 Å². The summed E-state index contributed by atoms with van der Waals surface area (Å²) in [5.74, 6) is 0.635. The minimum Gasteiger partial charge on any atom is -0.384 e. The monoisotopic (exact) mass is 395 g/mol. The van der Waals surface area contributed by atoms with Gasteiger partial charge in [-0.2, -0.15) is 5.10 Å². The van der Waals surface area contributed by atoms with Crippen LogP contribution in [0.4, 0.5) is 5.82 Å². The average molecular weight is 396 g/mol. The largest absolute Gasteiger partial charge is 0.384 e. The third-order valence-electron chi connectivity index (χ3n) is 5.10. The molecule has 0 atom stereocenters. The van der Waals surface area contributed by atoms with Gasteiger partial charge in [0.2, 0.25) is 0 Å². The standard InChI is InChI=1S/C21H25N5OS/c1-11(2)26-19-17(18(25-26)13-6-7-15(22)23-10-13)21(4,5)9-14-20(19)28-16(24-14)8-12(3)27/h6-7,10-11H,8-9H2,1-5H3,(H2,22,23). The Morgan fingerprint density at radius 1 is 1.36 bits per heavy atom. The van der Waals surface area contributed by atoms with E-state index < -0.39 is 0 Å². The lowest BCUT2D eigenvalue weighted by Gasteiger charge is -2.30. The van der Waals surface area contributed by atoms with Crippen molar-refractivity contribution in [2.75, 3.05) is 5.73 Å². The number of nitrogens with zero attached hydrogens (tertiary/aromatic N) is 4. The highest BCUT2D eigenvalue weighted by molar-refractivity contribution is 7.15. The molecule has 0 aliphatic heterocycles. The van der Waals surface area contributed by atoms with E-state index in [0.717, 1.165) is 39.0 Å². The number of rotatable bonds is 4. The lowest BCUT2D eigenvalue weighted by atomic mass is 9.74. The molecule has 0 amide bonds. The number of fused-ring (bicyclic) bond motifs is 3. The highest BCUT2D eigenvalue weighted by atomic mass is 32.1. The molecule has 0 fully saturated rings. The minimum atomic E-state index is -0.131. The molecule has 6 nitrogen and oxygen atoms in total. The van der Waals surface area contributed by atoms with Gasteiger partial charge in [0, 0.05) is 29.8 Å². The van der Waals surface area contributed by atoms with Crippen LogP contribution < -0.4 is 5.73 Å². The van der Waals surface area contributed by atoms with Crippen LogP contribution in [0.2, 0.25) is 0 Å². The predicted molar refractivity (Wildman–Crippen MR) is 112 cm³/mol. The van der Waals surface area contributed by atoms with Crippen LogP contribution in [0.5, 0.6) is 0 Å². The first kappa shape index (κ1) is 18.8. The van der Waals surface area contributed by atoms with Crippen LogP contribution in [-0.2, 0) is 23.1 Å². The Morgan fingerprint density at radius 2 is 2.11 bits per heavy atom. The summed E-state index contributed by atoms with van der Waals surface area (Å²) in [5, 5.41) is 5.89. The summed E-state index contributed by atoms with van der Waals surface area (Å²) in [5.41, 5.74) is 11.0. The second-order valence-electron chi connectivity index (χ2n) is 8.41. The molecule has 3 aromatic rings. The Morgan fingerprint density at radius 3 is 2.71 bits per heavy atom. The molecule has 28 heavy (non-hydrogen) atoms. The molecule has 1 aliphatic rings. The molecule has 2 N–H and O–H groups in total. The second-order valence-corrected chi connectivity index (χ2v) is 9.49. The third-order valence-corrected chi connectivity index (χ3v) is 6.21. The molecule has 146 valence electrons.